The Morgan fingerprint density at radius 2 is 1.85 bits per heavy atom. The van der Waals surface area contributed by atoms with Crippen LogP contribution in [0.1, 0.15) is 19.4 Å². The van der Waals surface area contributed by atoms with Crippen LogP contribution in [0.3, 0.4) is 0 Å². The van der Waals surface area contributed by atoms with Gasteiger partial charge in [-0.1, -0.05) is 56.1 Å². The molecule has 1 aromatic rings. The van der Waals surface area contributed by atoms with Crippen molar-refractivity contribution in [1.29, 1.82) is 0 Å². The van der Waals surface area contributed by atoms with Crippen LogP contribution in [0.25, 0.3) is 0 Å². The first-order chi connectivity index (χ1) is 6.36. The first-order valence-corrected chi connectivity index (χ1v) is 5.72. The molecule has 0 aromatic heterocycles. The summed E-state index contributed by atoms with van der Waals surface area (Å²) < 4.78 is 2.38. The van der Waals surface area contributed by atoms with Gasteiger partial charge in [-0.05, 0) is 5.56 Å². The third-order valence-electron chi connectivity index (χ3n) is 1.87. The Kier molecular flexibility index (Phi) is 4.94. The van der Waals surface area contributed by atoms with E-state index in [1.807, 2.05) is 11.9 Å². The molecule has 72 valence electrons. The third kappa shape index (κ3) is 3.83. The summed E-state index contributed by atoms with van der Waals surface area (Å²) in [4.78, 5) is 0. The van der Waals surface area contributed by atoms with E-state index in [2.05, 4.69) is 48.5 Å². The predicted molar refractivity (Wildman–Crippen MR) is 60.7 cm³/mol. The quantitative estimate of drug-likeness (QED) is 0.664. The second-order valence-electron chi connectivity index (χ2n) is 2.86. The fourth-order valence-corrected chi connectivity index (χ4v) is 2.01. The number of hydrogen-bond donors (Lipinski definition) is 0. The molecule has 0 heterocycles. The first-order valence-electron chi connectivity index (χ1n) is 4.78. The van der Waals surface area contributed by atoms with E-state index in [9.17, 15) is 0 Å². The van der Waals surface area contributed by atoms with Crippen molar-refractivity contribution in [3.63, 3.8) is 0 Å². The first kappa shape index (κ1) is 10.6. The minimum atomic E-state index is 1.05. The molecule has 0 atom stereocenters. The van der Waals surface area contributed by atoms with Gasteiger partial charge in [-0.15, -0.1) is 0 Å². The van der Waals surface area contributed by atoms with E-state index in [4.69, 9.17) is 0 Å². The zero-order valence-corrected chi connectivity index (χ0v) is 9.18. The van der Waals surface area contributed by atoms with Crippen molar-refractivity contribution in [3.05, 3.63) is 35.9 Å². The Balaban J connectivity index is 2.46. The monoisotopic (exact) mass is 195 g/mol. The number of rotatable bonds is 5. The fraction of sp³-hybridized carbons (Fsp3) is 0.455. The Hall–Kier alpha value is -0.470. The van der Waals surface area contributed by atoms with Gasteiger partial charge in [0, 0.05) is 18.8 Å². The highest BCUT2D eigenvalue weighted by atomic mass is 32.2. The molecule has 0 fully saturated rings. The Bertz CT molecular complexity index is 223. The molecular formula is C11H17NS. The molecule has 2 heteroatoms. The average Bonchev–Trinajstić information content (AvgIpc) is 2.19. The number of hydrogen-bond acceptors (Lipinski definition) is 2. The largest absolute Gasteiger partial charge is 0.246 e. The molecule has 0 aliphatic rings. The smallest absolute Gasteiger partial charge is 0.0340 e. The summed E-state index contributed by atoms with van der Waals surface area (Å²) >= 11 is 1.90. The highest BCUT2D eigenvalue weighted by Gasteiger charge is 2.01. The van der Waals surface area contributed by atoms with Gasteiger partial charge in [0.2, 0.25) is 0 Å². The van der Waals surface area contributed by atoms with Gasteiger partial charge in [-0.2, -0.15) is 0 Å². The van der Waals surface area contributed by atoms with Crippen LogP contribution in [0.2, 0.25) is 0 Å². The van der Waals surface area contributed by atoms with Crippen molar-refractivity contribution >= 4 is 11.9 Å². The molecule has 0 aliphatic heterocycles. The highest BCUT2D eigenvalue weighted by Crippen LogP contribution is 2.13. The van der Waals surface area contributed by atoms with Crippen molar-refractivity contribution < 1.29 is 0 Å². The van der Waals surface area contributed by atoms with Crippen LogP contribution in [0.15, 0.2) is 30.3 Å². The minimum absolute atomic E-state index is 1.05. The summed E-state index contributed by atoms with van der Waals surface area (Å²) in [5.74, 6) is 1.15. The molecule has 1 aromatic carbocycles. The van der Waals surface area contributed by atoms with Gasteiger partial charge in [0.15, 0.2) is 0 Å². The number of benzene rings is 1. The lowest BCUT2D eigenvalue weighted by Crippen LogP contribution is -2.14. The molecule has 0 bridgehead atoms. The van der Waals surface area contributed by atoms with Crippen LogP contribution < -0.4 is 0 Å². The maximum Gasteiger partial charge on any atom is 0.0340 e. The average molecular weight is 195 g/mol. The van der Waals surface area contributed by atoms with Crippen molar-refractivity contribution in [2.75, 3.05) is 12.3 Å². The summed E-state index contributed by atoms with van der Waals surface area (Å²) in [5.41, 5.74) is 1.39. The van der Waals surface area contributed by atoms with Crippen molar-refractivity contribution in [3.8, 4) is 0 Å². The van der Waals surface area contributed by atoms with Crippen LogP contribution >= 0.6 is 11.9 Å². The second-order valence-corrected chi connectivity index (χ2v) is 4.21. The summed E-state index contributed by atoms with van der Waals surface area (Å²) in [5, 5.41) is 0. The molecule has 0 N–H and O–H groups in total. The lowest BCUT2D eigenvalue weighted by molar-refractivity contribution is 0.493. The molecule has 0 saturated heterocycles. The van der Waals surface area contributed by atoms with Gasteiger partial charge in [-0.25, -0.2) is 4.31 Å². The van der Waals surface area contributed by atoms with Gasteiger partial charge in [-0.3, -0.25) is 0 Å². The van der Waals surface area contributed by atoms with Gasteiger partial charge < -0.3 is 0 Å². The summed E-state index contributed by atoms with van der Waals surface area (Å²) in [6, 6.07) is 10.6. The normalized spacial score (nSPS) is 10.7. The summed E-state index contributed by atoms with van der Waals surface area (Å²) in [7, 11) is 0. The van der Waals surface area contributed by atoms with Crippen LogP contribution in [0.5, 0.6) is 0 Å². The zero-order chi connectivity index (χ0) is 9.52. The number of nitrogens with zero attached hydrogens (tertiary/aromatic N) is 1. The molecule has 0 amide bonds. The minimum Gasteiger partial charge on any atom is -0.246 e. The van der Waals surface area contributed by atoms with Gasteiger partial charge in [0.05, 0.1) is 0 Å². The lowest BCUT2D eigenvalue weighted by Gasteiger charge is -2.17. The lowest BCUT2D eigenvalue weighted by atomic mass is 10.2. The second kappa shape index (κ2) is 6.06. The van der Waals surface area contributed by atoms with Gasteiger partial charge in [0.1, 0.15) is 0 Å². The van der Waals surface area contributed by atoms with Crippen molar-refractivity contribution in [2.45, 2.75) is 20.4 Å². The zero-order valence-electron chi connectivity index (χ0n) is 8.36. The van der Waals surface area contributed by atoms with Crippen LogP contribution in [0.4, 0.5) is 0 Å². The van der Waals surface area contributed by atoms with E-state index < -0.39 is 0 Å². The summed E-state index contributed by atoms with van der Waals surface area (Å²) in [6.07, 6.45) is 0. The summed E-state index contributed by atoms with van der Waals surface area (Å²) in [6.45, 7) is 6.55. The van der Waals surface area contributed by atoms with E-state index in [1.54, 1.807) is 0 Å². The molecule has 1 rings (SSSR count). The van der Waals surface area contributed by atoms with Crippen LogP contribution in [-0.4, -0.2) is 16.6 Å². The molecule has 0 aliphatic carbocycles. The molecule has 0 radical (unpaired) electrons. The predicted octanol–water partition coefficient (Wildman–Crippen LogP) is 3.18. The van der Waals surface area contributed by atoms with E-state index in [0.29, 0.717) is 0 Å². The molecule has 0 unspecified atom stereocenters. The Morgan fingerprint density at radius 1 is 1.15 bits per heavy atom. The molecule has 0 saturated carbocycles. The van der Waals surface area contributed by atoms with Gasteiger partial charge in [0.25, 0.3) is 0 Å². The maximum atomic E-state index is 2.38. The van der Waals surface area contributed by atoms with Crippen molar-refractivity contribution in [1.82, 2.24) is 4.31 Å². The molecular weight excluding hydrogens is 178 g/mol. The van der Waals surface area contributed by atoms with Crippen LogP contribution in [-0.2, 0) is 6.54 Å². The van der Waals surface area contributed by atoms with Crippen LogP contribution in [0, 0.1) is 0 Å². The Labute approximate surface area is 85.3 Å². The molecule has 0 spiro atoms. The fourth-order valence-electron chi connectivity index (χ4n) is 1.22. The van der Waals surface area contributed by atoms with E-state index in [-0.39, 0.29) is 0 Å². The Morgan fingerprint density at radius 3 is 2.38 bits per heavy atom. The standard InChI is InChI=1S/C11H17NS/c1-3-12(13-4-2)10-11-8-6-5-7-9-11/h5-9H,3-4,10H2,1-2H3. The third-order valence-corrected chi connectivity index (χ3v) is 2.88. The van der Waals surface area contributed by atoms with E-state index >= 15 is 0 Å². The van der Waals surface area contributed by atoms with Crippen molar-refractivity contribution in [2.24, 2.45) is 0 Å². The topological polar surface area (TPSA) is 3.24 Å². The SMILES string of the molecule is CCSN(CC)Cc1ccccc1. The van der Waals surface area contributed by atoms with E-state index in [0.717, 1.165) is 18.8 Å². The highest BCUT2D eigenvalue weighted by molar-refractivity contribution is 7.96. The van der Waals surface area contributed by atoms with Gasteiger partial charge >= 0.3 is 0 Å². The molecule has 13 heavy (non-hydrogen) atoms. The van der Waals surface area contributed by atoms with E-state index in [1.165, 1.54) is 5.56 Å². The molecule has 1 nitrogen and oxygen atoms in total. The maximum absolute atomic E-state index is 2.38.